The maximum Gasteiger partial charge on any atom is 0.317 e. The van der Waals surface area contributed by atoms with Crippen LogP contribution in [0.3, 0.4) is 0 Å². The maximum atomic E-state index is 11.9. The number of carbonyl (C=O) groups is 3. The van der Waals surface area contributed by atoms with E-state index in [1.54, 1.807) is 7.05 Å². The molecule has 0 aliphatic rings. The van der Waals surface area contributed by atoms with Gasteiger partial charge in [-0.3, -0.25) is 19.3 Å². The minimum atomic E-state index is -1.04. The van der Waals surface area contributed by atoms with Crippen LogP contribution in [0.4, 0.5) is 0 Å². The third kappa shape index (κ3) is 9.14. The number of nitrogens with one attached hydrogen (secondary N) is 1. The van der Waals surface area contributed by atoms with E-state index in [1.165, 1.54) is 4.90 Å². The summed E-state index contributed by atoms with van der Waals surface area (Å²) in [6.07, 6.45) is 2.06. The van der Waals surface area contributed by atoms with Gasteiger partial charge in [0.2, 0.25) is 0 Å². The third-order valence-corrected chi connectivity index (χ3v) is 3.20. The molecule has 0 aromatic heterocycles. The Kier molecular flexibility index (Phi) is 9.56. The van der Waals surface area contributed by atoms with Crippen LogP contribution in [0.15, 0.2) is 0 Å². The number of hydrogen-bond donors (Lipinski definition) is 3. The summed E-state index contributed by atoms with van der Waals surface area (Å²) in [7, 11) is 1.74. The number of aliphatic carboxylic acids is 2. The van der Waals surface area contributed by atoms with Gasteiger partial charge in [0, 0.05) is 5.92 Å². The van der Waals surface area contributed by atoms with Crippen molar-refractivity contribution < 1.29 is 24.6 Å². The van der Waals surface area contributed by atoms with Crippen LogP contribution in [0.5, 0.6) is 0 Å². The molecule has 21 heavy (non-hydrogen) atoms. The van der Waals surface area contributed by atoms with Crippen molar-refractivity contribution in [2.24, 2.45) is 5.92 Å². The van der Waals surface area contributed by atoms with Gasteiger partial charge in [0.15, 0.2) is 5.78 Å². The van der Waals surface area contributed by atoms with E-state index in [2.05, 4.69) is 5.32 Å². The smallest absolute Gasteiger partial charge is 0.317 e. The summed E-state index contributed by atoms with van der Waals surface area (Å²) >= 11 is 0. The van der Waals surface area contributed by atoms with Crippen molar-refractivity contribution in [1.82, 2.24) is 10.2 Å². The normalized spacial score (nSPS) is 12.6. The van der Waals surface area contributed by atoms with Crippen LogP contribution in [0, 0.1) is 5.92 Å². The highest BCUT2D eigenvalue weighted by atomic mass is 16.4. The number of unbranched alkanes of at least 4 members (excludes halogenated alkanes) is 1. The topological polar surface area (TPSA) is 107 Å². The fourth-order valence-electron chi connectivity index (χ4n) is 2.11. The molecule has 0 amide bonds. The van der Waals surface area contributed by atoms with Gasteiger partial charge in [-0.15, -0.1) is 0 Å². The van der Waals surface area contributed by atoms with Crippen molar-refractivity contribution >= 4 is 17.7 Å². The van der Waals surface area contributed by atoms with Crippen molar-refractivity contribution in [2.45, 2.75) is 39.2 Å². The summed E-state index contributed by atoms with van der Waals surface area (Å²) in [5, 5.41) is 20.4. The van der Waals surface area contributed by atoms with Gasteiger partial charge in [-0.2, -0.15) is 0 Å². The van der Waals surface area contributed by atoms with Crippen LogP contribution in [0.1, 0.15) is 33.1 Å². The molecule has 0 heterocycles. The van der Waals surface area contributed by atoms with E-state index in [9.17, 15) is 14.4 Å². The molecule has 1 atom stereocenters. The molecule has 0 aromatic carbocycles. The molecule has 0 saturated heterocycles. The average molecular weight is 302 g/mol. The highest BCUT2D eigenvalue weighted by Gasteiger charge is 2.19. The predicted molar refractivity (Wildman–Crippen MR) is 78.3 cm³/mol. The van der Waals surface area contributed by atoms with Gasteiger partial charge in [-0.1, -0.05) is 20.3 Å². The van der Waals surface area contributed by atoms with Crippen molar-refractivity contribution in [3.8, 4) is 0 Å². The zero-order valence-corrected chi connectivity index (χ0v) is 13.0. The zero-order valence-electron chi connectivity index (χ0n) is 13.0. The van der Waals surface area contributed by atoms with E-state index >= 15 is 0 Å². The summed E-state index contributed by atoms with van der Waals surface area (Å²) < 4.78 is 0. The van der Waals surface area contributed by atoms with E-state index in [4.69, 9.17) is 10.2 Å². The third-order valence-electron chi connectivity index (χ3n) is 3.20. The van der Waals surface area contributed by atoms with Crippen LogP contribution in [0.25, 0.3) is 0 Å². The molecule has 0 fully saturated rings. The van der Waals surface area contributed by atoms with Crippen molar-refractivity contribution in [1.29, 1.82) is 0 Å². The van der Waals surface area contributed by atoms with Gasteiger partial charge in [-0.25, -0.2) is 0 Å². The van der Waals surface area contributed by atoms with E-state index < -0.39 is 11.9 Å². The number of carboxylic acids is 2. The molecular weight excluding hydrogens is 276 g/mol. The van der Waals surface area contributed by atoms with Gasteiger partial charge >= 0.3 is 11.9 Å². The second-order valence-corrected chi connectivity index (χ2v) is 5.39. The Balaban J connectivity index is 4.15. The van der Waals surface area contributed by atoms with Gasteiger partial charge in [0.05, 0.1) is 19.1 Å². The summed E-state index contributed by atoms with van der Waals surface area (Å²) in [5.74, 6) is -1.96. The lowest BCUT2D eigenvalue weighted by atomic mass is 9.97. The van der Waals surface area contributed by atoms with Gasteiger partial charge in [0.25, 0.3) is 0 Å². The Labute approximate surface area is 125 Å². The number of Topliss-reactive ketones (excluding diaryl/α,β-unsaturated/α-hetero) is 1. The molecule has 7 heteroatoms. The summed E-state index contributed by atoms with van der Waals surface area (Å²) in [4.78, 5) is 34.5. The highest BCUT2D eigenvalue weighted by molar-refractivity contribution is 5.85. The van der Waals surface area contributed by atoms with Crippen molar-refractivity contribution in [2.75, 3.05) is 26.7 Å². The molecule has 0 radical (unpaired) electrons. The van der Waals surface area contributed by atoms with E-state index in [0.717, 1.165) is 6.42 Å². The first-order valence-electron chi connectivity index (χ1n) is 7.14. The van der Waals surface area contributed by atoms with Gasteiger partial charge in [-0.05, 0) is 26.4 Å². The Morgan fingerprint density at radius 2 is 1.57 bits per heavy atom. The average Bonchev–Trinajstić information content (AvgIpc) is 2.36. The van der Waals surface area contributed by atoms with Crippen LogP contribution >= 0.6 is 0 Å². The van der Waals surface area contributed by atoms with Gasteiger partial charge in [0.1, 0.15) is 0 Å². The lowest BCUT2D eigenvalue weighted by molar-refractivity contribution is -0.141. The monoisotopic (exact) mass is 302 g/mol. The van der Waals surface area contributed by atoms with Crippen LogP contribution in [0.2, 0.25) is 0 Å². The molecule has 0 bridgehead atoms. The van der Waals surface area contributed by atoms with E-state index in [-0.39, 0.29) is 30.8 Å². The molecule has 122 valence electrons. The SMILES string of the molecule is CNC(CCCCN(CC(=O)O)CC(=O)O)C(=O)C(C)C. The number of ketones is 1. The molecule has 1 unspecified atom stereocenters. The molecule has 7 nitrogen and oxygen atoms in total. The number of likely N-dealkylation sites (N-methyl/N-ethyl adjacent to an activating group) is 1. The number of carbonyl (C=O) groups excluding carboxylic acids is 1. The first-order valence-corrected chi connectivity index (χ1v) is 7.14. The van der Waals surface area contributed by atoms with E-state index in [0.29, 0.717) is 19.4 Å². The highest BCUT2D eigenvalue weighted by Crippen LogP contribution is 2.08. The first kappa shape index (κ1) is 19.5. The van der Waals surface area contributed by atoms with Crippen LogP contribution < -0.4 is 5.32 Å². The molecule has 0 spiro atoms. The Bertz CT molecular complexity index is 341. The number of rotatable bonds is 12. The van der Waals surface area contributed by atoms with Gasteiger partial charge < -0.3 is 15.5 Å². The Morgan fingerprint density at radius 3 is 1.95 bits per heavy atom. The summed E-state index contributed by atoms with van der Waals surface area (Å²) in [6, 6.07) is -0.197. The summed E-state index contributed by atoms with van der Waals surface area (Å²) in [5.41, 5.74) is 0. The predicted octanol–water partition coefficient (Wildman–Crippen LogP) is 0.441. The Hall–Kier alpha value is -1.47. The fourth-order valence-corrected chi connectivity index (χ4v) is 2.11. The summed E-state index contributed by atoms with van der Waals surface area (Å²) in [6.45, 7) is 3.53. The number of carboxylic acid groups (broad SMARTS) is 2. The second kappa shape index (κ2) is 10.3. The molecule has 0 rings (SSSR count). The lowest BCUT2D eigenvalue weighted by Gasteiger charge is -2.20. The quantitative estimate of drug-likeness (QED) is 0.449. The molecule has 0 aliphatic carbocycles. The van der Waals surface area contributed by atoms with Crippen molar-refractivity contribution in [3.63, 3.8) is 0 Å². The number of nitrogens with zero attached hydrogens (tertiary/aromatic N) is 1. The minimum Gasteiger partial charge on any atom is -0.480 e. The molecule has 3 N–H and O–H groups in total. The van der Waals surface area contributed by atoms with Crippen LogP contribution in [-0.2, 0) is 14.4 Å². The molecule has 0 saturated carbocycles. The zero-order chi connectivity index (χ0) is 16.4. The second-order valence-electron chi connectivity index (χ2n) is 5.39. The first-order chi connectivity index (χ1) is 9.77. The van der Waals surface area contributed by atoms with Crippen molar-refractivity contribution in [3.05, 3.63) is 0 Å². The standard InChI is InChI=1S/C14H26N2O5/c1-10(2)14(21)11(15-3)6-4-5-7-16(8-12(17)18)9-13(19)20/h10-11,15H,4-9H2,1-3H3,(H,17,18)(H,19,20). The van der Waals surface area contributed by atoms with Crippen LogP contribution in [-0.4, -0.2) is 65.6 Å². The lowest BCUT2D eigenvalue weighted by Crippen LogP contribution is -2.37. The fraction of sp³-hybridized carbons (Fsp3) is 0.786. The maximum absolute atomic E-state index is 11.9. The molecule has 0 aromatic rings. The minimum absolute atomic E-state index is 0.0297. The Morgan fingerprint density at radius 1 is 1.05 bits per heavy atom. The largest absolute Gasteiger partial charge is 0.480 e. The number of hydrogen-bond acceptors (Lipinski definition) is 5. The molecular formula is C14H26N2O5. The molecule has 0 aliphatic heterocycles. The van der Waals surface area contributed by atoms with E-state index in [1.807, 2.05) is 13.8 Å².